The number of hydrogen-bond donors (Lipinski definition) is 1. The quantitative estimate of drug-likeness (QED) is 0.870. The van der Waals surface area contributed by atoms with E-state index >= 15 is 0 Å². The van der Waals surface area contributed by atoms with Gasteiger partial charge in [-0.25, -0.2) is 4.39 Å². The van der Waals surface area contributed by atoms with E-state index in [0.717, 1.165) is 18.5 Å². The lowest BCUT2D eigenvalue weighted by molar-refractivity contribution is 0.352. The molecule has 0 radical (unpaired) electrons. The smallest absolute Gasteiger partial charge is 0.144 e. The molecule has 100 valence electrons. The summed E-state index contributed by atoms with van der Waals surface area (Å²) in [5.74, 6) is 0.920. The second-order valence-corrected chi connectivity index (χ2v) is 5.68. The van der Waals surface area contributed by atoms with Crippen LogP contribution in [0.15, 0.2) is 18.2 Å². The Kier molecular flexibility index (Phi) is 4.63. The zero-order valence-electron chi connectivity index (χ0n) is 11.0. The highest BCUT2D eigenvalue weighted by atomic mass is 35.5. The van der Waals surface area contributed by atoms with E-state index in [4.69, 9.17) is 11.6 Å². The van der Waals surface area contributed by atoms with Gasteiger partial charge in [0, 0.05) is 6.04 Å². The highest BCUT2D eigenvalue weighted by Crippen LogP contribution is 2.35. The van der Waals surface area contributed by atoms with Gasteiger partial charge in [-0.05, 0) is 49.3 Å². The molecule has 0 saturated heterocycles. The number of nitrogens with one attached hydrogen (secondary N) is 1. The minimum absolute atomic E-state index is 0.237. The van der Waals surface area contributed by atoms with E-state index in [-0.39, 0.29) is 10.8 Å². The second-order valence-electron chi connectivity index (χ2n) is 5.28. The molecular formula is C15H21ClFN. The predicted octanol–water partition coefficient (Wildman–Crippen LogP) is 4.05. The average Bonchev–Trinajstić information content (AvgIpc) is 2.68. The van der Waals surface area contributed by atoms with Gasteiger partial charge in [0.2, 0.25) is 0 Å². The van der Waals surface area contributed by atoms with Gasteiger partial charge in [-0.1, -0.05) is 37.6 Å². The van der Waals surface area contributed by atoms with Gasteiger partial charge in [-0.2, -0.15) is 0 Å². The summed E-state index contributed by atoms with van der Waals surface area (Å²) in [4.78, 5) is 0. The van der Waals surface area contributed by atoms with E-state index in [1.54, 1.807) is 6.07 Å². The minimum Gasteiger partial charge on any atom is -0.314 e. The summed E-state index contributed by atoms with van der Waals surface area (Å²) in [6.07, 6.45) is 3.17. The summed E-state index contributed by atoms with van der Waals surface area (Å²) >= 11 is 5.83. The summed E-state index contributed by atoms with van der Waals surface area (Å²) in [7, 11) is 0. The Balaban J connectivity index is 2.04. The van der Waals surface area contributed by atoms with E-state index in [0.29, 0.717) is 17.9 Å². The largest absolute Gasteiger partial charge is 0.314 e. The third-order valence-electron chi connectivity index (χ3n) is 4.21. The molecule has 1 aromatic carbocycles. The fourth-order valence-corrected chi connectivity index (χ4v) is 3.27. The lowest BCUT2D eigenvalue weighted by Crippen LogP contribution is -2.32. The fourth-order valence-electron chi connectivity index (χ4n) is 3.07. The molecule has 1 aliphatic carbocycles. The predicted molar refractivity (Wildman–Crippen MR) is 74.5 cm³/mol. The van der Waals surface area contributed by atoms with E-state index in [1.165, 1.54) is 12.8 Å². The molecule has 3 atom stereocenters. The standard InChI is InChI=1S/C15H21ClFN/c1-3-18-14-8-7-11(10(14)2)9-12-5-4-6-13(16)15(12)17/h4-6,10-11,14,18H,3,7-9H2,1-2H3. The Labute approximate surface area is 114 Å². The van der Waals surface area contributed by atoms with Crippen LogP contribution in [0, 0.1) is 17.7 Å². The molecule has 0 heterocycles. The lowest BCUT2D eigenvalue weighted by Gasteiger charge is -2.21. The Morgan fingerprint density at radius 2 is 2.17 bits per heavy atom. The molecule has 1 aromatic rings. The van der Waals surface area contributed by atoms with Crippen LogP contribution in [0.5, 0.6) is 0 Å². The van der Waals surface area contributed by atoms with Crippen LogP contribution in [0.2, 0.25) is 5.02 Å². The summed E-state index contributed by atoms with van der Waals surface area (Å²) in [6.45, 7) is 5.41. The maximum Gasteiger partial charge on any atom is 0.144 e. The first kappa shape index (κ1) is 13.8. The molecule has 0 aromatic heterocycles. The van der Waals surface area contributed by atoms with Crippen molar-refractivity contribution in [2.24, 2.45) is 11.8 Å². The third kappa shape index (κ3) is 2.86. The first-order valence-electron chi connectivity index (χ1n) is 6.79. The zero-order chi connectivity index (χ0) is 13.1. The van der Waals surface area contributed by atoms with Crippen molar-refractivity contribution in [1.29, 1.82) is 0 Å². The van der Waals surface area contributed by atoms with Crippen molar-refractivity contribution in [2.75, 3.05) is 6.54 Å². The lowest BCUT2D eigenvalue weighted by atomic mass is 9.89. The van der Waals surface area contributed by atoms with Crippen LogP contribution in [0.25, 0.3) is 0 Å². The molecule has 3 heteroatoms. The molecule has 2 rings (SSSR count). The van der Waals surface area contributed by atoms with Gasteiger partial charge in [-0.15, -0.1) is 0 Å². The van der Waals surface area contributed by atoms with Gasteiger partial charge in [0.1, 0.15) is 5.82 Å². The van der Waals surface area contributed by atoms with Gasteiger partial charge in [-0.3, -0.25) is 0 Å². The molecule has 3 unspecified atom stereocenters. The highest BCUT2D eigenvalue weighted by Gasteiger charge is 2.32. The Hall–Kier alpha value is -0.600. The molecule has 1 saturated carbocycles. The van der Waals surface area contributed by atoms with Crippen molar-refractivity contribution in [3.63, 3.8) is 0 Å². The maximum atomic E-state index is 13.9. The van der Waals surface area contributed by atoms with Crippen molar-refractivity contribution in [2.45, 2.75) is 39.2 Å². The zero-order valence-corrected chi connectivity index (χ0v) is 11.8. The van der Waals surface area contributed by atoms with Crippen molar-refractivity contribution in [3.05, 3.63) is 34.6 Å². The molecule has 1 fully saturated rings. The normalized spacial score (nSPS) is 27.7. The second kappa shape index (κ2) is 6.03. The third-order valence-corrected chi connectivity index (χ3v) is 4.50. The van der Waals surface area contributed by atoms with Crippen molar-refractivity contribution in [3.8, 4) is 0 Å². The van der Waals surface area contributed by atoms with Crippen LogP contribution in [0.4, 0.5) is 4.39 Å². The number of hydrogen-bond acceptors (Lipinski definition) is 1. The highest BCUT2D eigenvalue weighted by molar-refractivity contribution is 6.30. The molecular weight excluding hydrogens is 249 g/mol. The van der Waals surface area contributed by atoms with E-state index in [9.17, 15) is 4.39 Å². The van der Waals surface area contributed by atoms with Crippen molar-refractivity contribution in [1.82, 2.24) is 5.32 Å². The van der Waals surface area contributed by atoms with Gasteiger partial charge >= 0.3 is 0 Å². The SMILES string of the molecule is CCNC1CCC(Cc2cccc(Cl)c2F)C1C. The molecule has 0 aliphatic heterocycles. The molecule has 1 aliphatic rings. The summed E-state index contributed by atoms with van der Waals surface area (Å²) in [6, 6.07) is 5.89. The Morgan fingerprint density at radius 1 is 1.39 bits per heavy atom. The maximum absolute atomic E-state index is 13.9. The summed E-state index contributed by atoms with van der Waals surface area (Å²) in [5, 5.41) is 3.75. The van der Waals surface area contributed by atoms with Gasteiger partial charge in [0.05, 0.1) is 5.02 Å². The number of halogens is 2. The van der Waals surface area contributed by atoms with Gasteiger partial charge < -0.3 is 5.32 Å². The molecule has 1 N–H and O–H groups in total. The van der Waals surface area contributed by atoms with Crippen LogP contribution in [0.3, 0.4) is 0 Å². The minimum atomic E-state index is -0.238. The van der Waals surface area contributed by atoms with Gasteiger partial charge in [0.15, 0.2) is 0 Å². The monoisotopic (exact) mass is 269 g/mol. The van der Waals surface area contributed by atoms with E-state index in [2.05, 4.69) is 19.2 Å². The van der Waals surface area contributed by atoms with Crippen LogP contribution in [-0.4, -0.2) is 12.6 Å². The number of benzene rings is 1. The molecule has 0 spiro atoms. The number of rotatable bonds is 4. The van der Waals surface area contributed by atoms with Crippen LogP contribution in [-0.2, 0) is 6.42 Å². The van der Waals surface area contributed by atoms with Crippen LogP contribution >= 0.6 is 11.6 Å². The van der Waals surface area contributed by atoms with Crippen LogP contribution < -0.4 is 5.32 Å². The van der Waals surface area contributed by atoms with Crippen molar-refractivity contribution < 1.29 is 4.39 Å². The molecule has 0 amide bonds. The molecule has 1 nitrogen and oxygen atoms in total. The van der Waals surface area contributed by atoms with Crippen molar-refractivity contribution >= 4 is 11.6 Å². The van der Waals surface area contributed by atoms with E-state index in [1.807, 2.05) is 12.1 Å². The van der Waals surface area contributed by atoms with E-state index < -0.39 is 0 Å². The average molecular weight is 270 g/mol. The molecule has 0 bridgehead atoms. The summed E-state index contributed by atoms with van der Waals surface area (Å²) in [5.41, 5.74) is 0.761. The summed E-state index contributed by atoms with van der Waals surface area (Å²) < 4.78 is 13.9. The Bertz CT molecular complexity index is 407. The first-order valence-corrected chi connectivity index (χ1v) is 7.17. The van der Waals surface area contributed by atoms with Gasteiger partial charge in [0.25, 0.3) is 0 Å². The molecule has 18 heavy (non-hydrogen) atoms. The topological polar surface area (TPSA) is 12.0 Å². The van der Waals surface area contributed by atoms with Crippen LogP contribution in [0.1, 0.15) is 32.3 Å². The Morgan fingerprint density at radius 3 is 2.89 bits per heavy atom. The first-order chi connectivity index (χ1) is 8.63. The fraction of sp³-hybridized carbons (Fsp3) is 0.600.